The van der Waals surface area contributed by atoms with E-state index in [4.69, 9.17) is 16.9 Å². The molecule has 1 aromatic carbocycles. The molecular formula is C13H16ClN3O2S. The molecule has 7 heteroatoms. The number of likely N-dealkylation sites (N-methyl/N-ethyl adjacent to an activating group) is 1. The second kappa shape index (κ2) is 6.10. The predicted octanol–water partition coefficient (Wildman–Crippen LogP) is 1.58. The second-order valence-electron chi connectivity index (χ2n) is 4.98. The van der Waals surface area contributed by atoms with Gasteiger partial charge in [0.05, 0.1) is 16.7 Å². The molecule has 0 bridgehead atoms. The van der Waals surface area contributed by atoms with E-state index in [1.807, 2.05) is 13.1 Å². The Kier molecular flexibility index (Phi) is 4.66. The predicted molar refractivity (Wildman–Crippen MR) is 77.0 cm³/mol. The Morgan fingerprint density at radius 3 is 2.90 bits per heavy atom. The summed E-state index contributed by atoms with van der Waals surface area (Å²) < 4.78 is 27.4. The first-order chi connectivity index (χ1) is 9.42. The van der Waals surface area contributed by atoms with Crippen LogP contribution in [0.15, 0.2) is 23.1 Å². The maximum atomic E-state index is 12.4. The smallest absolute Gasteiger partial charge is 0.242 e. The number of nitrogens with one attached hydrogen (secondary N) is 1. The van der Waals surface area contributed by atoms with Crippen molar-refractivity contribution in [2.75, 3.05) is 20.1 Å². The molecule has 0 aromatic heterocycles. The van der Waals surface area contributed by atoms with Crippen LogP contribution in [0, 0.1) is 11.3 Å². The van der Waals surface area contributed by atoms with Crippen molar-refractivity contribution in [1.29, 1.82) is 5.26 Å². The van der Waals surface area contributed by atoms with Crippen molar-refractivity contribution in [1.82, 2.24) is 9.62 Å². The Bertz CT molecular complexity index is 640. The highest BCUT2D eigenvalue weighted by Gasteiger charge is 2.25. The van der Waals surface area contributed by atoms with Gasteiger partial charge < -0.3 is 4.90 Å². The maximum Gasteiger partial charge on any atom is 0.242 e. The molecule has 0 radical (unpaired) electrons. The Labute approximate surface area is 124 Å². The van der Waals surface area contributed by atoms with E-state index in [1.54, 1.807) is 0 Å². The summed E-state index contributed by atoms with van der Waals surface area (Å²) in [5, 5.41) is 8.99. The average molecular weight is 314 g/mol. The molecule has 20 heavy (non-hydrogen) atoms. The fraction of sp³-hybridized carbons (Fsp3) is 0.462. The highest BCUT2D eigenvalue weighted by atomic mass is 35.5. The van der Waals surface area contributed by atoms with Crippen molar-refractivity contribution >= 4 is 21.6 Å². The largest absolute Gasteiger partial charge is 0.305 e. The molecule has 1 aromatic rings. The quantitative estimate of drug-likeness (QED) is 0.919. The highest BCUT2D eigenvalue weighted by molar-refractivity contribution is 7.89. The molecule has 1 heterocycles. The number of nitriles is 1. The van der Waals surface area contributed by atoms with Crippen LogP contribution in [0.2, 0.25) is 5.02 Å². The van der Waals surface area contributed by atoms with Crippen molar-refractivity contribution < 1.29 is 8.42 Å². The number of likely N-dealkylation sites (tertiary alicyclic amines) is 1. The molecule has 2 rings (SSSR count). The standard InChI is InChI=1S/C13H16ClN3O2S/c1-17-6-2-3-11(9-17)16-20(18,19)13-7-10(8-15)4-5-12(13)14/h4-5,7,11,16H,2-3,6,9H2,1H3. The van der Waals surface area contributed by atoms with Crippen LogP contribution >= 0.6 is 11.6 Å². The molecule has 1 aliphatic heterocycles. The minimum Gasteiger partial charge on any atom is -0.305 e. The fourth-order valence-corrected chi connectivity index (χ4v) is 4.11. The van der Waals surface area contributed by atoms with Crippen LogP contribution in [0.1, 0.15) is 18.4 Å². The molecule has 1 fully saturated rings. The van der Waals surface area contributed by atoms with Gasteiger partial charge in [-0.05, 0) is 44.6 Å². The number of halogens is 1. The number of piperidine rings is 1. The van der Waals surface area contributed by atoms with Gasteiger partial charge in [0.2, 0.25) is 10.0 Å². The number of rotatable bonds is 3. The summed E-state index contributed by atoms with van der Waals surface area (Å²) in [4.78, 5) is 2.05. The van der Waals surface area contributed by atoms with Gasteiger partial charge in [0.25, 0.3) is 0 Å². The van der Waals surface area contributed by atoms with E-state index >= 15 is 0 Å². The zero-order valence-corrected chi connectivity index (χ0v) is 12.7. The summed E-state index contributed by atoms with van der Waals surface area (Å²) >= 11 is 5.95. The van der Waals surface area contributed by atoms with E-state index in [-0.39, 0.29) is 21.5 Å². The summed E-state index contributed by atoms with van der Waals surface area (Å²) in [6, 6.07) is 6.02. The van der Waals surface area contributed by atoms with Gasteiger partial charge in [-0.15, -0.1) is 0 Å². The van der Waals surface area contributed by atoms with Crippen LogP contribution in [0.3, 0.4) is 0 Å². The molecule has 5 nitrogen and oxygen atoms in total. The summed E-state index contributed by atoms with van der Waals surface area (Å²) in [5.41, 5.74) is 0.274. The van der Waals surface area contributed by atoms with Gasteiger partial charge in [-0.1, -0.05) is 11.6 Å². The lowest BCUT2D eigenvalue weighted by molar-refractivity contribution is 0.242. The molecule has 1 atom stereocenters. The van der Waals surface area contributed by atoms with Crippen LogP contribution in [0.25, 0.3) is 0 Å². The molecule has 0 spiro atoms. The normalized spacial score (nSPS) is 20.6. The average Bonchev–Trinajstić information content (AvgIpc) is 2.38. The van der Waals surface area contributed by atoms with E-state index in [0.29, 0.717) is 6.54 Å². The molecule has 1 unspecified atom stereocenters. The van der Waals surface area contributed by atoms with Crippen molar-refractivity contribution in [3.8, 4) is 6.07 Å². The van der Waals surface area contributed by atoms with Gasteiger partial charge in [0.1, 0.15) is 4.90 Å². The van der Waals surface area contributed by atoms with E-state index < -0.39 is 10.0 Å². The van der Waals surface area contributed by atoms with Crippen LogP contribution in [0.5, 0.6) is 0 Å². The van der Waals surface area contributed by atoms with E-state index in [0.717, 1.165) is 19.4 Å². The van der Waals surface area contributed by atoms with Gasteiger partial charge in [-0.2, -0.15) is 5.26 Å². The van der Waals surface area contributed by atoms with E-state index in [9.17, 15) is 8.42 Å². The van der Waals surface area contributed by atoms with Crippen LogP contribution in [-0.4, -0.2) is 39.5 Å². The van der Waals surface area contributed by atoms with Crippen LogP contribution < -0.4 is 4.72 Å². The highest BCUT2D eigenvalue weighted by Crippen LogP contribution is 2.23. The third-order valence-corrected chi connectivity index (χ3v) is 5.30. The molecular weight excluding hydrogens is 298 g/mol. The van der Waals surface area contributed by atoms with Gasteiger partial charge in [-0.3, -0.25) is 0 Å². The number of hydrogen-bond donors (Lipinski definition) is 1. The monoisotopic (exact) mass is 313 g/mol. The van der Waals surface area contributed by atoms with Crippen LogP contribution in [0.4, 0.5) is 0 Å². The Hall–Kier alpha value is -1.13. The van der Waals surface area contributed by atoms with Crippen molar-refractivity contribution in [3.63, 3.8) is 0 Å². The van der Waals surface area contributed by atoms with Gasteiger partial charge in [0.15, 0.2) is 0 Å². The number of sulfonamides is 1. The lowest BCUT2D eigenvalue weighted by atomic mass is 10.1. The molecule has 1 N–H and O–H groups in total. The van der Waals surface area contributed by atoms with Crippen molar-refractivity contribution in [2.45, 2.75) is 23.8 Å². The minimum atomic E-state index is -3.71. The zero-order chi connectivity index (χ0) is 14.8. The number of nitrogens with zero attached hydrogens (tertiary/aromatic N) is 2. The molecule has 0 amide bonds. The van der Waals surface area contributed by atoms with Gasteiger partial charge >= 0.3 is 0 Å². The molecule has 0 saturated carbocycles. The van der Waals surface area contributed by atoms with Gasteiger partial charge in [-0.25, -0.2) is 13.1 Å². The summed E-state index contributed by atoms with van der Waals surface area (Å²) in [7, 11) is -1.74. The summed E-state index contributed by atoms with van der Waals surface area (Å²) in [6.45, 7) is 1.65. The zero-order valence-electron chi connectivity index (χ0n) is 11.1. The van der Waals surface area contributed by atoms with Gasteiger partial charge in [0, 0.05) is 12.6 Å². The molecule has 1 aliphatic rings. The van der Waals surface area contributed by atoms with Crippen LogP contribution in [-0.2, 0) is 10.0 Å². The summed E-state index contributed by atoms with van der Waals surface area (Å²) in [5.74, 6) is 0. The second-order valence-corrected chi connectivity index (χ2v) is 7.07. The van der Waals surface area contributed by atoms with Crippen molar-refractivity contribution in [3.05, 3.63) is 28.8 Å². The number of hydrogen-bond acceptors (Lipinski definition) is 4. The lowest BCUT2D eigenvalue weighted by Crippen LogP contribution is -2.46. The van der Waals surface area contributed by atoms with E-state index in [1.165, 1.54) is 18.2 Å². The Morgan fingerprint density at radius 1 is 1.50 bits per heavy atom. The Morgan fingerprint density at radius 2 is 2.25 bits per heavy atom. The lowest BCUT2D eigenvalue weighted by Gasteiger charge is -2.30. The first kappa shape index (κ1) is 15.3. The molecule has 0 aliphatic carbocycles. The van der Waals surface area contributed by atoms with E-state index in [2.05, 4.69) is 9.62 Å². The Balaban J connectivity index is 2.24. The third-order valence-electron chi connectivity index (χ3n) is 3.30. The fourth-order valence-electron chi connectivity index (χ4n) is 2.32. The first-order valence-electron chi connectivity index (χ1n) is 6.33. The SMILES string of the molecule is CN1CCCC(NS(=O)(=O)c2cc(C#N)ccc2Cl)C1. The molecule has 1 saturated heterocycles. The minimum absolute atomic E-state index is 0.0357. The summed E-state index contributed by atoms with van der Waals surface area (Å²) in [6.07, 6.45) is 1.76. The maximum absolute atomic E-state index is 12.4. The first-order valence-corrected chi connectivity index (χ1v) is 8.19. The van der Waals surface area contributed by atoms with Crippen molar-refractivity contribution in [2.24, 2.45) is 0 Å². The molecule has 108 valence electrons. The third kappa shape index (κ3) is 3.49. The number of benzene rings is 1. The topological polar surface area (TPSA) is 73.2 Å².